The maximum atomic E-state index is 10.6. The molecular formula is C11H16N2OS. The average Bonchev–Trinajstić information content (AvgIpc) is 2.24. The van der Waals surface area contributed by atoms with Crippen LogP contribution in [0.4, 0.5) is 5.69 Å². The first-order chi connectivity index (χ1) is 7.24. The molecule has 15 heavy (non-hydrogen) atoms. The third kappa shape index (κ3) is 4.25. The lowest BCUT2D eigenvalue weighted by molar-refractivity contribution is -0.118. The molecule has 2 N–H and O–H groups in total. The van der Waals surface area contributed by atoms with Crippen LogP contribution in [-0.4, -0.2) is 25.3 Å². The molecule has 0 heterocycles. The maximum absolute atomic E-state index is 10.6. The molecule has 0 aliphatic rings. The summed E-state index contributed by atoms with van der Waals surface area (Å²) >= 11 is 1.71. The lowest BCUT2D eigenvalue weighted by Crippen LogP contribution is -2.26. The molecule has 4 heteroatoms. The molecule has 0 aromatic heterocycles. The Balaban J connectivity index is 2.39. The highest BCUT2D eigenvalue weighted by Gasteiger charge is 1.98. The van der Waals surface area contributed by atoms with Crippen LogP contribution in [0.1, 0.15) is 6.92 Å². The Labute approximate surface area is 94.6 Å². The zero-order chi connectivity index (χ0) is 11.1. The quantitative estimate of drug-likeness (QED) is 0.593. The Morgan fingerprint density at radius 1 is 1.33 bits per heavy atom. The lowest BCUT2D eigenvalue weighted by atomic mass is 10.3. The molecule has 0 aliphatic heterocycles. The summed E-state index contributed by atoms with van der Waals surface area (Å²) < 4.78 is 0. The average molecular weight is 224 g/mol. The SMILES string of the molecule is CSc1ccccc1NCCNC(C)=O. The minimum atomic E-state index is 0.00921. The zero-order valence-electron chi connectivity index (χ0n) is 9.04. The van der Waals surface area contributed by atoms with Crippen molar-refractivity contribution in [3.63, 3.8) is 0 Å². The first-order valence-corrected chi connectivity index (χ1v) is 6.08. The van der Waals surface area contributed by atoms with E-state index in [0.717, 1.165) is 12.2 Å². The Kier molecular flexibility index (Phi) is 5.04. The molecular weight excluding hydrogens is 208 g/mol. The Morgan fingerprint density at radius 3 is 2.73 bits per heavy atom. The molecule has 0 atom stereocenters. The van der Waals surface area contributed by atoms with Crippen LogP contribution in [0.3, 0.4) is 0 Å². The standard InChI is InChI=1S/C11H16N2OS/c1-9(14)12-7-8-13-10-5-3-4-6-11(10)15-2/h3-6,13H,7-8H2,1-2H3,(H,12,14). The van der Waals surface area contributed by atoms with Crippen LogP contribution in [0.25, 0.3) is 0 Å². The van der Waals surface area contributed by atoms with Crippen molar-refractivity contribution >= 4 is 23.4 Å². The second kappa shape index (κ2) is 6.35. The molecule has 3 nitrogen and oxygen atoms in total. The van der Waals surface area contributed by atoms with Crippen molar-refractivity contribution in [1.29, 1.82) is 0 Å². The topological polar surface area (TPSA) is 41.1 Å². The van der Waals surface area contributed by atoms with Crippen molar-refractivity contribution in [1.82, 2.24) is 5.32 Å². The monoisotopic (exact) mass is 224 g/mol. The van der Waals surface area contributed by atoms with Crippen LogP contribution < -0.4 is 10.6 Å². The number of rotatable bonds is 5. The Hall–Kier alpha value is -1.16. The predicted molar refractivity (Wildman–Crippen MR) is 65.4 cm³/mol. The van der Waals surface area contributed by atoms with Crippen molar-refractivity contribution < 1.29 is 4.79 Å². The highest BCUT2D eigenvalue weighted by Crippen LogP contribution is 2.23. The highest BCUT2D eigenvalue weighted by atomic mass is 32.2. The van der Waals surface area contributed by atoms with Crippen molar-refractivity contribution in [3.8, 4) is 0 Å². The van der Waals surface area contributed by atoms with Gasteiger partial charge in [0.15, 0.2) is 0 Å². The van der Waals surface area contributed by atoms with Crippen LogP contribution in [0, 0.1) is 0 Å². The first-order valence-electron chi connectivity index (χ1n) is 4.85. The van der Waals surface area contributed by atoms with Gasteiger partial charge >= 0.3 is 0 Å². The highest BCUT2D eigenvalue weighted by molar-refractivity contribution is 7.98. The van der Waals surface area contributed by atoms with E-state index in [1.807, 2.05) is 24.5 Å². The van der Waals surface area contributed by atoms with Crippen LogP contribution in [0.5, 0.6) is 0 Å². The van der Waals surface area contributed by atoms with Gasteiger partial charge in [-0.1, -0.05) is 12.1 Å². The largest absolute Gasteiger partial charge is 0.382 e. The van der Waals surface area contributed by atoms with E-state index in [2.05, 4.69) is 16.7 Å². The number of hydrogen-bond acceptors (Lipinski definition) is 3. The summed E-state index contributed by atoms with van der Waals surface area (Å²) in [6.45, 7) is 2.92. The van der Waals surface area contributed by atoms with Gasteiger partial charge in [0, 0.05) is 30.6 Å². The van der Waals surface area contributed by atoms with Crippen LogP contribution in [-0.2, 0) is 4.79 Å². The minimum absolute atomic E-state index is 0.00921. The van der Waals surface area contributed by atoms with E-state index in [4.69, 9.17) is 0 Å². The number of para-hydroxylation sites is 1. The van der Waals surface area contributed by atoms with Gasteiger partial charge in [0.05, 0.1) is 0 Å². The zero-order valence-corrected chi connectivity index (χ0v) is 9.86. The molecule has 0 spiro atoms. The van der Waals surface area contributed by atoms with E-state index < -0.39 is 0 Å². The predicted octanol–water partition coefficient (Wildman–Crippen LogP) is 1.96. The fourth-order valence-electron chi connectivity index (χ4n) is 1.23. The van der Waals surface area contributed by atoms with E-state index in [9.17, 15) is 4.79 Å². The molecule has 1 aromatic carbocycles. The van der Waals surface area contributed by atoms with Gasteiger partial charge in [0.25, 0.3) is 0 Å². The van der Waals surface area contributed by atoms with Gasteiger partial charge in [-0.15, -0.1) is 11.8 Å². The summed E-state index contributed by atoms with van der Waals surface area (Å²) in [4.78, 5) is 11.9. The van der Waals surface area contributed by atoms with Crippen molar-refractivity contribution in [2.75, 3.05) is 24.7 Å². The molecule has 0 fully saturated rings. The van der Waals surface area contributed by atoms with Crippen molar-refractivity contribution in [3.05, 3.63) is 24.3 Å². The number of thioether (sulfide) groups is 1. The van der Waals surface area contributed by atoms with Gasteiger partial charge in [-0.3, -0.25) is 4.79 Å². The molecule has 1 aromatic rings. The van der Waals surface area contributed by atoms with E-state index in [-0.39, 0.29) is 5.91 Å². The number of carbonyl (C=O) groups is 1. The third-order valence-electron chi connectivity index (χ3n) is 1.92. The summed E-state index contributed by atoms with van der Waals surface area (Å²) in [5.41, 5.74) is 1.12. The number of anilines is 1. The van der Waals surface area contributed by atoms with Gasteiger partial charge in [-0.2, -0.15) is 0 Å². The van der Waals surface area contributed by atoms with Crippen LogP contribution in [0.15, 0.2) is 29.2 Å². The van der Waals surface area contributed by atoms with Gasteiger partial charge in [0.1, 0.15) is 0 Å². The molecule has 1 rings (SSSR count). The van der Waals surface area contributed by atoms with Gasteiger partial charge in [0.2, 0.25) is 5.91 Å². The molecule has 0 aliphatic carbocycles. The fraction of sp³-hybridized carbons (Fsp3) is 0.364. The molecule has 1 amide bonds. The number of benzene rings is 1. The van der Waals surface area contributed by atoms with Crippen LogP contribution >= 0.6 is 11.8 Å². The second-order valence-corrected chi connectivity index (χ2v) is 3.96. The van der Waals surface area contributed by atoms with E-state index >= 15 is 0 Å². The van der Waals surface area contributed by atoms with E-state index in [1.165, 1.54) is 11.8 Å². The smallest absolute Gasteiger partial charge is 0.216 e. The normalized spacial score (nSPS) is 9.73. The maximum Gasteiger partial charge on any atom is 0.216 e. The molecule has 82 valence electrons. The minimum Gasteiger partial charge on any atom is -0.382 e. The van der Waals surface area contributed by atoms with Crippen LogP contribution in [0.2, 0.25) is 0 Å². The van der Waals surface area contributed by atoms with Gasteiger partial charge in [-0.05, 0) is 18.4 Å². The summed E-state index contributed by atoms with van der Waals surface area (Å²) in [5.74, 6) is 0.00921. The first kappa shape index (κ1) is 11.9. The van der Waals surface area contributed by atoms with Crippen molar-refractivity contribution in [2.45, 2.75) is 11.8 Å². The van der Waals surface area contributed by atoms with Gasteiger partial charge < -0.3 is 10.6 Å². The van der Waals surface area contributed by atoms with Crippen molar-refractivity contribution in [2.24, 2.45) is 0 Å². The summed E-state index contributed by atoms with van der Waals surface area (Å²) in [6.07, 6.45) is 2.05. The summed E-state index contributed by atoms with van der Waals surface area (Å²) in [7, 11) is 0. The Bertz CT molecular complexity index is 328. The number of nitrogens with one attached hydrogen (secondary N) is 2. The summed E-state index contributed by atoms with van der Waals surface area (Å²) in [5, 5.41) is 6.03. The number of hydrogen-bond donors (Lipinski definition) is 2. The Morgan fingerprint density at radius 2 is 2.07 bits per heavy atom. The summed E-state index contributed by atoms with van der Waals surface area (Å²) in [6, 6.07) is 8.14. The fourth-order valence-corrected chi connectivity index (χ4v) is 1.80. The lowest BCUT2D eigenvalue weighted by Gasteiger charge is -2.10. The molecule has 0 bridgehead atoms. The third-order valence-corrected chi connectivity index (χ3v) is 2.72. The number of amides is 1. The number of carbonyl (C=O) groups excluding carboxylic acids is 1. The van der Waals surface area contributed by atoms with E-state index in [0.29, 0.717) is 6.54 Å². The van der Waals surface area contributed by atoms with E-state index in [1.54, 1.807) is 11.8 Å². The molecule has 0 saturated heterocycles. The molecule has 0 radical (unpaired) electrons. The molecule has 0 unspecified atom stereocenters. The van der Waals surface area contributed by atoms with Gasteiger partial charge in [-0.25, -0.2) is 0 Å². The molecule has 0 saturated carbocycles. The second-order valence-electron chi connectivity index (χ2n) is 3.11.